The molecule has 1 fully saturated rings. The number of amides is 2. The van der Waals surface area contributed by atoms with E-state index in [0.717, 1.165) is 11.1 Å². The minimum absolute atomic E-state index is 0.0821. The number of likely N-dealkylation sites (N-methyl/N-ethyl adjacent to an activating group) is 1. The van der Waals surface area contributed by atoms with E-state index in [1.165, 1.54) is 5.56 Å². The normalized spacial score (nSPS) is 17.4. The van der Waals surface area contributed by atoms with E-state index >= 15 is 0 Å². The van der Waals surface area contributed by atoms with Crippen molar-refractivity contribution in [2.75, 3.05) is 33.7 Å². The lowest BCUT2D eigenvalue weighted by Crippen LogP contribution is -2.53. The summed E-state index contributed by atoms with van der Waals surface area (Å²) >= 11 is 0. The summed E-state index contributed by atoms with van der Waals surface area (Å²) in [6.45, 7) is 3.80. The molecule has 2 aromatic rings. The lowest BCUT2D eigenvalue weighted by Gasteiger charge is -2.40. The smallest absolute Gasteiger partial charge is 0.318 e. The number of nitrogens with one attached hydrogen (secondary N) is 1. The molecule has 1 atom stereocenters. The van der Waals surface area contributed by atoms with Gasteiger partial charge in [-0.05, 0) is 45.0 Å². The Morgan fingerprint density at radius 2 is 1.64 bits per heavy atom. The number of urea groups is 1. The van der Waals surface area contributed by atoms with E-state index in [-0.39, 0.29) is 12.1 Å². The van der Waals surface area contributed by atoms with Crippen LogP contribution >= 0.6 is 0 Å². The van der Waals surface area contributed by atoms with Crippen molar-refractivity contribution in [1.29, 1.82) is 0 Å². The Labute approximate surface area is 168 Å². The van der Waals surface area contributed by atoms with Gasteiger partial charge in [0.1, 0.15) is 0 Å². The SMILES string of the molecule is Cc1ccc([C@H](NC(=O)N2CCC(O)(CN(C)C)CC2)c2ccccc2)cc1. The Kier molecular flexibility index (Phi) is 6.37. The summed E-state index contributed by atoms with van der Waals surface area (Å²) in [5, 5.41) is 13.9. The first kappa shape index (κ1) is 20.4. The topological polar surface area (TPSA) is 55.8 Å². The zero-order valence-corrected chi connectivity index (χ0v) is 17.1. The number of likely N-dealkylation sites (tertiary alicyclic amines) is 1. The summed E-state index contributed by atoms with van der Waals surface area (Å²) in [5.41, 5.74) is 2.60. The van der Waals surface area contributed by atoms with Gasteiger partial charge in [0.25, 0.3) is 0 Å². The third-order valence-corrected chi connectivity index (χ3v) is 5.40. The second-order valence-electron chi connectivity index (χ2n) is 8.15. The molecule has 28 heavy (non-hydrogen) atoms. The maximum atomic E-state index is 13.0. The number of benzene rings is 2. The van der Waals surface area contributed by atoms with Gasteiger partial charge < -0.3 is 20.2 Å². The van der Waals surface area contributed by atoms with Crippen molar-refractivity contribution in [3.63, 3.8) is 0 Å². The Bertz CT molecular complexity index is 766. The van der Waals surface area contributed by atoms with Crippen LogP contribution in [0.3, 0.4) is 0 Å². The van der Waals surface area contributed by atoms with Crippen LogP contribution in [-0.4, -0.2) is 60.3 Å². The van der Waals surface area contributed by atoms with Gasteiger partial charge in [0.05, 0.1) is 11.6 Å². The van der Waals surface area contributed by atoms with E-state index in [4.69, 9.17) is 0 Å². The number of hydrogen-bond donors (Lipinski definition) is 2. The fourth-order valence-electron chi connectivity index (χ4n) is 3.85. The molecule has 0 saturated carbocycles. The minimum Gasteiger partial charge on any atom is -0.388 e. The molecule has 1 aliphatic heterocycles. The summed E-state index contributed by atoms with van der Waals surface area (Å²) in [6, 6.07) is 18.0. The Morgan fingerprint density at radius 1 is 1.07 bits per heavy atom. The predicted molar refractivity (Wildman–Crippen MR) is 112 cm³/mol. The van der Waals surface area contributed by atoms with Gasteiger partial charge in [-0.2, -0.15) is 0 Å². The van der Waals surface area contributed by atoms with Gasteiger partial charge in [0.15, 0.2) is 0 Å². The molecule has 5 heteroatoms. The molecule has 2 aromatic carbocycles. The number of nitrogens with zero attached hydrogens (tertiary/aromatic N) is 2. The molecule has 0 spiro atoms. The van der Waals surface area contributed by atoms with E-state index in [9.17, 15) is 9.90 Å². The van der Waals surface area contributed by atoms with Gasteiger partial charge in [-0.25, -0.2) is 4.79 Å². The van der Waals surface area contributed by atoms with Gasteiger partial charge in [0.2, 0.25) is 0 Å². The first-order valence-electron chi connectivity index (χ1n) is 9.90. The largest absolute Gasteiger partial charge is 0.388 e. The number of rotatable bonds is 5. The second kappa shape index (κ2) is 8.76. The van der Waals surface area contributed by atoms with Crippen molar-refractivity contribution in [1.82, 2.24) is 15.1 Å². The molecule has 0 aromatic heterocycles. The number of aryl methyl sites for hydroxylation is 1. The van der Waals surface area contributed by atoms with E-state index in [2.05, 4.69) is 36.5 Å². The summed E-state index contributed by atoms with van der Waals surface area (Å²) in [4.78, 5) is 16.8. The van der Waals surface area contributed by atoms with Crippen LogP contribution in [0, 0.1) is 6.92 Å². The standard InChI is InChI=1S/C23H31N3O2/c1-18-9-11-20(12-10-18)21(19-7-5-4-6-8-19)24-22(27)26-15-13-23(28,14-16-26)17-25(2)3/h4-12,21,28H,13-17H2,1-3H3,(H,24,27)/t21-/m1/s1. The van der Waals surface area contributed by atoms with Crippen molar-refractivity contribution in [3.05, 3.63) is 71.3 Å². The third kappa shape index (κ3) is 5.12. The molecule has 1 heterocycles. The number of carbonyl (C=O) groups excluding carboxylic acids is 1. The first-order valence-corrected chi connectivity index (χ1v) is 9.90. The van der Waals surface area contributed by atoms with Gasteiger partial charge in [-0.1, -0.05) is 60.2 Å². The highest BCUT2D eigenvalue weighted by atomic mass is 16.3. The lowest BCUT2D eigenvalue weighted by molar-refractivity contribution is -0.0294. The molecule has 0 aliphatic carbocycles. The number of aliphatic hydroxyl groups is 1. The molecular weight excluding hydrogens is 350 g/mol. The zero-order valence-electron chi connectivity index (χ0n) is 17.1. The molecule has 2 N–H and O–H groups in total. The molecule has 1 aliphatic rings. The minimum atomic E-state index is -0.712. The van der Waals surface area contributed by atoms with Gasteiger partial charge in [-0.15, -0.1) is 0 Å². The molecule has 150 valence electrons. The van der Waals surface area contributed by atoms with E-state index in [1.807, 2.05) is 54.2 Å². The highest BCUT2D eigenvalue weighted by Gasteiger charge is 2.34. The van der Waals surface area contributed by atoms with Crippen LogP contribution < -0.4 is 5.32 Å². The molecular formula is C23H31N3O2. The fraction of sp³-hybridized carbons (Fsp3) is 0.435. The molecule has 0 radical (unpaired) electrons. The molecule has 0 bridgehead atoms. The van der Waals surface area contributed by atoms with Crippen LogP contribution in [0.2, 0.25) is 0 Å². The van der Waals surface area contributed by atoms with Crippen molar-refractivity contribution in [2.24, 2.45) is 0 Å². The average Bonchev–Trinajstić information content (AvgIpc) is 2.67. The van der Waals surface area contributed by atoms with Crippen molar-refractivity contribution in [2.45, 2.75) is 31.4 Å². The van der Waals surface area contributed by atoms with Crippen LogP contribution in [-0.2, 0) is 0 Å². The van der Waals surface area contributed by atoms with Crippen molar-refractivity contribution >= 4 is 6.03 Å². The van der Waals surface area contributed by atoms with Crippen LogP contribution in [0.5, 0.6) is 0 Å². The molecule has 5 nitrogen and oxygen atoms in total. The predicted octanol–water partition coefficient (Wildman–Crippen LogP) is 3.18. The Morgan fingerprint density at radius 3 is 2.21 bits per heavy atom. The van der Waals surface area contributed by atoms with Crippen LogP contribution in [0.15, 0.2) is 54.6 Å². The number of carbonyl (C=O) groups is 1. The quantitative estimate of drug-likeness (QED) is 0.836. The summed E-state index contributed by atoms with van der Waals surface area (Å²) in [7, 11) is 3.92. The molecule has 0 unspecified atom stereocenters. The molecule has 3 rings (SSSR count). The average molecular weight is 382 g/mol. The van der Waals surface area contributed by atoms with E-state index in [0.29, 0.717) is 32.5 Å². The van der Waals surface area contributed by atoms with Crippen LogP contribution in [0.1, 0.15) is 35.6 Å². The lowest BCUT2D eigenvalue weighted by atomic mass is 9.91. The zero-order chi connectivity index (χ0) is 20.1. The maximum absolute atomic E-state index is 13.0. The van der Waals surface area contributed by atoms with Crippen LogP contribution in [0.25, 0.3) is 0 Å². The molecule has 1 saturated heterocycles. The summed E-state index contributed by atoms with van der Waals surface area (Å²) < 4.78 is 0. The number of hydrogen-bond acceptors (Lipinski definition) is 3. The summed E-state index contributed by atoms with van der Waals surface area (Å²) in [6.07, 6.45) is 1.19. The Balaban J connectivity index is 1.71. The van der Waals surface area contributed by atoms with Crippen molar-refractivity contribution < 1.29 is 9.90 Å². The molecule has 2 amide bonds. The first-order chi connectivity index (χ1) is 13.4. The Hall–Kier alpha value is -2.37. The highest BCUT2D eigenvalue weighted by Crippen LogP contribution is 2.25. The monoisotopic (exact) mass is 381 g/mol. The summed E-state index contributed by atoms with van der Waals surface area (Å²) in [5.74, 6) is 0. The van der Waals surface area contributed by atoms with Crippen LogP contribution in [0.4, 0.5) is 4.79 Å². The maximum Gasteiger partial charge on any atom is 0.318 e. The van der Waals surface area contributed by atoms with Gasteiger partial charge in [-0.3, -0.25) is 0 Å². The number of piperidine rings is 1. The third-order valence-electron chi connectivity index (χ3n) is 5.40. The van der Waals surface area contributed by atoms with Gasteiger partial charge >= 0.3 is 6.03 Å². The van der Waals surface area contributed by atoms with Gasteiger partial charge in [0, 0.05) is 19.6 Å². The van der Waals surface area contributed by atoms with E-state index < -0.39 is 5.60 Å². The highest BCUT2D eigenvalue weighted by molar-refractivity contribution is 5.75. The fourth-order valence-corrected chi connectivity index (χ4v) is 3.85. The van der Waals surface area contributed by atoms with E-state index in [1.54, 1.807) is 0 Å². The second-order valence-corrected chi connectivity index (χ2v) is 8.15. The van der Waals surface area contributed by atoms with Crippen molar-refractivity contribution in [3.8, 4) is 0 Å².